The number of amides is 1. The largest absolute Gasteiger partial charge is 0.508 e. The monoisotopic (exact) mass is 309 g/mol. The molecule has 0 aliphatic carbocycles. The molecule has 1 aliphatic heterocycles. The molecule has 116 valence electrons. The Kier molecular flexibility index (Phi) is 4.06. The van der Waals surface area contributed by atoms with Crippen LogP contribution in [0.25, 0.3) is 0 Å². The second-order valence-electron chi connectivity index (χ2n) is 5.21. The first-order valence-corrected chi connectivity index (χ1v) is 7.24. The molecule has 1 saturated heterocycles. The number of hydrogen-bond donors (Lipinski definition) is 1. The van der Waals surface area contributed by atoms with E-state index in [1.807, 2.05) is 11.0 Å². The molecule has 0 radical (unpaired) electrons. The van der Waals surface area contributed by atoms with Gasteiger partial charge < -0.3 is 14.9 Å². The summed E-state index contributed by atoms with van der Waals surface area (Å²) in [6.07, 6.45) is 0. The average molecular weight is 309 g/mol. The number of carbonyl (C=O) groups is 1. The molecule has 2 aromatic rings. The maximum atomic E-state index is 12.4. The molecule has 0 bridgehead atoms. The van der Waals surface area contributed by atoms with Gasteiger partial charge in [-0.2, -0.15) is 5.26 Å². The molecule has 1 N–H and O–H groups in total. The lowest BCUT2D eigenvalue weighted by Gasteiger charge is -2.35. The molecule has 1 aromatic heterocycles. The highest BCUT2D eigenvalue weighted by molar-refractivity contribution is 5.94. The Hall–Kier alpha value is -3.14. The van der Waals surface area contributed by atoms with Crippen molar-refractivity contribution in [3.8, 4) is 11.8 Å². The van der Waals surface area contributed by atoms with E-state index in [0.717, 1.165) is 0 Å². The number of carbonyl (C=O) groups excluding carboxylic acids is 1. The Balaban J connectivity index is 1.62. The van der Waals surface area contributed by atoms with E-state index < -0.39 is 0 Å². The van der Waals surface area contributed by atoms with Crippen LogP contribution in [0.2, 0.25) is 0 Å². The molecule has 3 rings (SSSR count). The third kappa shape index (κ3) is 3.21. The van der Waals surface area contributed by atoms with Gasteiger partial charge in [0.2, 0.25) is 0 Å². The number of hydrogen-bond acceptors (Lipinski definition) is 6. The Labute approximate surface area is 133 Å². The van der Waals surface area contributed by atoms with Crippen LogP contribution in [-0.4, -0.2) is 52.3 Å². The van der Waals surface area contributed by atoms with Crippen molar-refractivity contribution >= 4 is 11.7 Å². The second-order valence-corrected chi connectivity index (χ2v) is 5.21. The van der Waals surface area contributed by atoms with Gasteiger partial charge in [-0.1, -0.05) is 0 Å². The summed E-state index contributed by atoms with van der Waals surface area (Å²) in [7, 11) is 0. The quantitative estimate of drug-likeness (QED) is 0.890. The maximum absolute atomic E-state index is 12.4. The van der Waals surface area contributed by atoms with E-state index in [0.29, 0.717) is 37.6 Å². The first-order valence-electron chi connectivity index (χ1n) is 7.24. The molecule has 2 heterocycles. The van der Waals surface area contributed by atoms with Crippen molar-refractivity contribution in [1.29, 1.82) is 5.26 Å². The van der Waals surface area contributed by atoms with Gasteiger partial charge in [-0.25, -0.2) is 0 Å². The molecule has 0 saturated carbocycles. The summed E-state index contributed by atoms with van der Waals surface area (Å²) in [5.41, 5.74) is 0.851. The number of benzene rings is 1. The lowest BCUT2D eigenvalue weighted by atomic mass is 10.1. The highest BCUT2D eigenvalue weighted by atomic mass is 16.3. The van der Waals surface area contributed by atoms with Crippen LogP contribution in [0, 0.1) is 11.3 Å². The number of aromatic nitrogens is 2. The number of nitrogens with zero attached hydrogens (tertiary/aromatic N) is 5. The highest BCUT2D eigenvalue weighted by Crippen LogP contribution is 2.16. The van der Waals surface area contributed by atoms with E-state index in [2.05, 4.69) is 10.2 Å². The molecular weight excluding hydrogens is 294 g/mol. The molecule has 1 amide bonds. The molecule has 0 unspecified atom stereocenters. The SMILES string of the molecule is N#Cc1ccc(N2CCN(C(=O)c3ccc(O)cc3)CC2)nn1. The normalized spacial score (nSPS) is 14.4. The van der Waals surface area contributed by atoms with Crippen LogP contribution >= 0.6 is 0 Å². The molecule has 1 aromatic carbocycles. The Morgan fingerprint density at radius 3 is 2.30 bits per heavy atom. The second kappa shape index (κ2) is 6.32. The summed E-state index contributed by atoms with van der Waals surface area (Å²) >= 11 is 0. The Bertz CT molecular complexity index is 729. The summed E-state index contributed by atoms with van der Waals surface area (Å²) in [6.45, 7) is 2.48. The van der Waals surface area contributed by atoms with Crippen molar-refractivity contribution in [2.45, 2.75) is 0 Å². The lowest BCUT2D eigenvalue weighted by Crippen LogP contribution is -2.49. The molecule has 0 spiro atoms. The molecule has 1 fully saturated rings. The molecule has 1 aliphatic rings. The van der Waals surface area contributed by atoms with Gasteiger partial charge in [-0.15, -0.1) is 10.2 Å². The zero-order valence-corrected chi connectivity index (χ0v) is 12.4. The number of rotatable bonds is 2. The molecule has 7 nitrogen and oxygen atoms in total. The molecule has 7 heteroatoms. The van der Waals surface area contributed by atoms with Gasteiger partial charge in [0, 0.05) is 31.7 Å². The van der Waals surface area contributed by atoms with Crippen molar-refractivity contribution in [2.75, 3.05) is 31.1 Å². The first-order chi connectivity index (χ1) is 11.2. The molecule has 23 heavy (non-hydrogen) atoms. The topological polar surface area (TPSA) is 93.4 Å². The third-order valence-corrected chi connectivity index (χ3v) is 3.77. The summed E-state index contributed by atoms with van der Waals surface area (Å²) < 4.78 is 0. The number of piperazine rings is 1. The van der Waals surface area contributed by atoms with Crippen molar-refractivity contribution in [3.05, 3.63) is 47.7 Å². The van der Waals surface area contributed by atoms with Crippen LogP contribution in [0.5, 0.6) is 5.75 Å². The summed E-state index contributed by atoms with van der Waals surface area (Å²) in [4.78, 5) is 16.2. The predicted octanol–water partition coefficient (Wildman–Crippen LogP) is 1.02. The van der Waals surface area contributed by atoms with Gasteiger partial charge in [-0.3, -0.25) is 4.79 Å². The summed E-state index contributed by atoms with van der Waals surface area (Å²) in [6, 6.07) is 11.6. The fraction of sp³-hybridized carbons (Fsp3) is 0.250. The first kappa shape index (κ1) is 14.8. The minimum Gasteiger partial charge on any atom is -0.508 e. The number of nitriles is 1. The van der Waals surface area contributed by atoms with Crippen LogP contribution in [0.3, 0.4) is 0 Å². The van der Waals surface area contributed by atoms with Gasteiger partial charge in [0.15, 0.2) is 11.5 Å². The van der Waals surface area contributed by atoms with Crippen molar-refractivity contribution in [3.63, 3.8) is 0 Å². The van der Waals surface area contributed by atoms with E-state index in [1.54, 1.807) is 29.2 Å². The highest BCUT2D eigenvalue weighted by Gasteiger charge is 2.23. The zero-order valence-electron chi connectivity index (χ0n) is 12.4. The maximum Gasteiger partial charge on any atom is 0.253 e. The van der Waals surface area contributed by atoms with Gasteiger partial charge in [0.25, 0.3) is 5.91 Å². The van der Waals surface area contributed by atoms with Crippen LogP contribution in [0.4, 0.5) is 5.82 Å². The zero-order chi connectivity index (χ0) is 16.2. The van der Waals surface area contributed by atoms with Gasteiger partial charge in [0.05, 0.1) is 0 Å². The molecular formula is C16H15N5O2. The summed E-state index contributed by atoms with van der Waals surface area (Å²) in [5, 5.41) is 25.9. The van der Waals surface area contributed by atoms with Gasteiger partial charge >= 0.3 is 0 Å². The minimum absolute atomic E-state index is 0.0458. The van der Waals surface area contributed by atoms with Crippen LogP contribution in [0.1, 0.15) is 16.1 Å². The number of phenolic OH excluding ortho intramolecular Hbond substituents is 1. The van der Waals surface area contributed by atoms with E-state index in [4.69, 9.17) is 5.26 Å². The predicted molar refractivity (Wildman–Crippen MR) is 83.0 cm³/mol. The van der Waals surface area contributed by atoms with Gasteiger partial charge in [0.1, 0.15) is 11.8 Å². The Morgan fingerprint density at radius 1 is 1.04 bits per heavy atom. The summed E-state index contributed by atoms with van der Waals surface area (Å²) in [5.74, 6) is 0.807. The third-order valence-electron chi connectivity index (χ3n) is 3.77. The van der Waals surface area contributed by atoms with Gasteiger partial charge in [-0.05, 0) is 36.4 Å². The fourth-order valence-corrected chi connectivity index (χ4v) is 2.48. The van der Waals surface area contributed by atoms with E-state index in [9.17, 15) is 9.90 Å². The lowest BCUT2D eigenvalue weighted by molar-refractivity contribution is 0.0746. The van der Waals surface area contributed by atoms with E-state index >= 15 is 0 Å². The van der Waals surface area contributed by atoms with Crippen LogP contribution in [-0.2, 0) is 0 Å². The fourth-order valence-electron chi connectivity index (χ4n) is 2.48. The minimum atomic E-state index is -0.0458. The Morgan fingerprint density at radius 2 is 1.74 bits per heavy atom. The smallest absolute Gasteiger partial charge is 0.253 e. The van der Waals surface area contributed by atoms with Crippen molar-refractivity contribution < 1.29 is 9.90 Å². The standard InChI is InChI=1S/C16H15N5O2/c17-11-13-3-6-15(19-18-13)20-7-9-21(10-8-20)16(23)12-1-4-14(22)5-2-12/h1-6,22H,7-10H2. The number of anilines is 1. The van der Waals surface area contributed by atoms with Crippen molar-refractivity contribution in [2.24, 2.45) is 0 Å². The van der Waals surface area contributed by atoms with E-state index in [1.165, 1.54) is 12.1 Å². The van der Waals surface area contributed by atoms with Crippen molar-refractivity contribution in [1.82, 2.24) is 15.1 Å². The van der Waals surface area contributed by atoms with E-state index in [-0.39, 0.29) is 17.4 Å². The number of aromatic hydroxyl groups is 1. The van der Waals surface area contributed by atoms with Crippen LogP contribution in [0.15, 0.2) is 36.4 Å². The molecule has 0 atom stereocenters. The average Bonchev–Trinajstić information content (AvgIpc) is 2.62. The van der Waals surface area contributed by atoms with Crippen LogP contribution < -0.4 is 4.90 Å². The number of phenols is 1.